The molecule has 5 rings (SSSR count). The highest BCUT2D eigenvalue weighted by atomic mass is 35.5. The minimum absolute atomic E-state index is 0.0165. The highest BCUT2D eigenvalue weighted by Gasteiger charge is 2.28. The van der Waals surface area contributed by atoms with Gasteiger partial charge in [-0.2, -0.15) is 5.26 Å². The number of fused-ring (bicyclic) bond motifs is 1. The van der Waals surface area contributed by atoms with E-state index in [1.54, 1.807) is 38.2 Å². The first-order valence-electron chi connectivity index (χ1n) is 15.6. The molecule has 0 saturated carbocycles. The largest absolute Gasteiger partial charge is 0.628 e. The normalized spacial score (nSPS) is 15.0. The minimum Gasteiger partial charge on any atom is -0.628 e. The summed E-state index contributed by atoms with van der Waals surface area (Å²) in [7, 11) is 6.64. The van der Waals surface area contributed by atoms with Gasteiger partial charge < -0.3 is 24.4 Å². The van der Waals surface area contributed by atoms with E-state index in [0.29, 0.717) is 33.6 Å². The van der Waals surface area contributed by atoms with Crippen LogP contribution >= 0.6 is 23.2 Å². The van der Waals surface area contributed by atoms with Crippen molar-refractivity contribution in [3.05, 3.63) is 110 Å². The smallest absolute Gasteiger partial charge is 0.258 e. The maximum atomic E-state index is 14.1. The van der Waals surface area contributed by atoms with Crippen molar-refractivity contribution >= 4 is 45.6 Å². The van der Waals surface area contributed by atoms with E-state index < -0.39 is 4.65 Å². The van der Waals surface area contributed by atoms with Crippen LogP contribution in [-0.2, 0) is 0 Å². The molecule has 1 atom stereocenters. The van der Waals surface area contributed by atoms with Crippen LogP contribution in [0.25, 0.3) is 10.8 Å². The molecule has 0 spiro atoms. The predicted molar refractivity (Wildman–Crippen MR) is 188 cm³/mol. The molecular formula is C37H40Cl2N4O3. The van der Waals surface area contributed by atoms with Gasteiger partial charge in [0.05, 0.1) is 42.4 Å². The van der Waals surface area contributed by atoms with Crippen LogP contribution in [0.15, 0.2) is 72.8 Å². The van der Waals surface area contributed by atoms with Crippen molar-refractivity contribution in [3.8, 4) is 11.8 Å². The van der Waals surface area contributed by atoms with Gasteiger partial charge in [0, 0.05) is 25.1 Å². The predicted octanol–water partition coefficient (Wildman–Crippen LogP) is 8.22. The standard InChI is InChI=1S/C37H40Cl2N4O3/c1-41(37(44)35-31-11-6-5-9-27(31)21-29(23-40)36(35)46-4)24-28(26-13-14-32(38)33(39)22-26)17-20-42-18-15-25(16-19-42)30-10-7-8-12-34(30)43(2,3)45/h5-14,21-22,25,28H,15-20,24H2,1-4H3/t28-/m1/s1. The van der Waals surface area contributed by atoms with Crippen LogP contribution < -0.4 is 9.38 Å². The van der Waals surface area contributed by atoms with E-state index in [0.717, 1.165) is 66.5 Å². The molecule has 0 N–H and O–H groups in total. The Bertz CT molecular complexity index is 1760. The number of hydrogen-bond donors (Lipinski definition) is 0. The zero-order chi connectivity index (χ0) is 33.0. The maximum absolute atomic E-state index is 14.1. The third-order valence-electron chi connectivity index (χ3n) is 9.13. The van der Waals surface area contributed by atoms with Gasteiger partial charge in [0.25, 0.3) is 5.91 Å². The summed E-state index contributed by atoms with van der Waals surface area (Å²) in [4.78, 5) is 18.3. The maximum Gasteiger partial charge on any atom is 0.258 e. The summed E-state index contributed by atoms with van der Waals surface area (Å²) in [5, 5.41) is 25.1. The summed E-state index contributed by atoms with van der Waals surface area (Å²) < 4.78 is 5.20. The number of carbonyl (C=O) groups excluding carboxylic acids is 1. The lowest BCUT2D eigenvalue weighted by Gasteiger charge is -2.38. The second-order valence-electron chi connectivity index (χ2n) is 12.5. The number of hydrogen-bond acceptors (Lipinski definition) is 5. The van der Waals surface area contributed by atoms with Gasteiger partial charge >= 0.3 is 0 Å². The van der Waals surface area contributed by atoms with E-state index in [1.807, 2.05) is 54.6 Å². The molecule has 1 saturated heterocycles. The number of hydroxylamine groups is 2. The lowest BCUT2D eigenvalue weighted by molar-refractivity contribution is 0.0780. The van der Waals surface area contributed by atoms with Gasteiger partial charge in [0.2, 0.25) is 0 Å². The molecule has 46 heavy (non-hydrogen) atoms. The van der Waals surface area contributed by atoms with Crippen molar-refractivity contribution in [1.82, 2.24) is 14.4 Å². The van der Waals surface area contributed by atoms with Gasteiger partial charge in [-0.1, -0.05) is 71.7 Å². The molecule has 1 aliphatic heterocycles. The molecule has 0 bridgehead atoms. The summed E-state index contributed by atoms with van der Waals surface area (Å²) in [6, 6.07) is 25.2. The first-order chi connectivity index (χ1) is 22.0. The van der Waals surface area contributed by atoms with E-state index in [9.17, 15) is 15.3 Å². The minimum atomic E-state index is -0.434. The fraction of sp³-hybridized carbons (Fsp3) is 0.351. The van der Waals surface area contributed by atoms with Crippen molar-refractivity contribution in [3.63, 3.8) is 0 Å². The average molecular weight is 660 g/mol. The summed E-state index contributed by atoms with van der Waals surface area (Å²) >= 11 is 12.7. The van der Waals surface area contributed by atoms with Crippen molar-refractivity contribution < 1.29 is 9.53 Å². The Morgan fingerprint density at radius 1 is 1.07 bits per heavy atom. The third kappa shape index (κ3) is 7.33. The molecule has 1 fully saturated rings. The molecule has 240 valence electrons. The van der Waals surface area contributed by atoms with E-state index >= 15 is 0 Å². The third-order valence-corrected chi connectivity index (χ3v) is 9.87. The van der Waals surface area contributed by atoms with Gasteiger partial charge in [0.1, 0.15) is 17.5 Å². The van der Waals surface area contributed by atoms with Crippen molar-refractivity contribution in [2.24, 2.45) is 0 Å². The van der Waals surface area contributed by atoms with Gasteiger partial charge in [0.15, 0.2) is 0 Å². The van der Waals surface area contributed by atoms with Crippen LogP contribution in [0.3, 0.4) is 0 Å². The zero-order valence-corrected chi connectivity index (χ0v) is 28.3. The first-order valence-corrected chi connectivity index (χ1v) is 16.3. The first kappa shape index (κ1) is 33.7. The molecule has 0 aromatic heterocycles. The Balaban J connectivity index is 1.34. The number of amides is 1. The zero-order valence-electron chi connectivity index (χ0n) is 26.8. The van der Waals surface area contributed by atoms with Crippen molar-refractivity contribution in [1.29, 1.82) is 5.26 Å². The Kier molecular flexibility index (Phi) is 10.6. The number of nitriles is 1. The summed E-state index contributed by atoms with van der Waals surface area (Å²) in [5.41, 5.74) is 3.70. The number of benzene rings is 4. The molecule has 1 amide bonds. The van der Waals surface area contributed by atoms with E-state index in [4.69, 9.17) is 27.9 Å². The number of ether oxygens (including phenoxy) is 1. The quantitative estimate of drug-likeness (QED) is 0.127. The van der Waals surface area contributed by atoms with Crippen LogP contribution in [0.4, 0.5) is 5.69 Å². The number of quaternary nitrogens is 1. The van der Waals surface area contributed by atoms with Gasteiger partial charge in [-0.05, 0) is 85.4 Å². The number of halogens is 2. The summed E-state index contributed by atoms with van der Waals surface area (Å²) in [6.45, 7) is 3.14. The fourth-order valence-electron chi connectivity index (χ4n) is 6.70. The monoisotopic (exact) mass is 658 g/mol. The van der Waals surface area contributed by atoms with Crippen LogP contribution in [0.5, 0.6) is 5.75 Å². The van der Waals surface area contributed by atoms with Crippen LogP contribution in [0, 0.1) is 16.5 Å². The Morgan fingerprint density at radius 3 is 2.43 bits per heavy atom. The number of methoxy groups -OCH3 is 1. The molecule has 0 aliphatic carbocycles. The molecular weight excluding hydrogens is 619 g/mol. The number of carbonyl (C=O) groups is 1. The van der Waals surface area contributed by atoms with E-state index in [2.05, 4.69) is 17.0 Å². The number of rotatable bonds is 10. The number of para-hydroxylation sites is 1. The van der Waals surface area contributed by atoms with Crippen LogP contribution in [0.1, 0.15) is 58.1 Å². The average Bonchev–Trinajstić information content (AvgIpc) is 3.06. The highest BCUT2D eigenvalue weighted by Crippen LogP contribution is 2.37. The Labute approximate surface area is 281 Å². The molecule has 7 nitrogen and oxygen atoms in total. The molecule has 1 heterocycles. The number of likely N-dealkylation sites (tertiary alicyclic amines) is 1. The SMILES string of the molecule is COc1c(C#N)cc2ccccc2c1C(=O)N(C)C[C@@H](CCN1CCC(c2ccccc2[N+](C)(C)[O-])CC1)c1ccc(Cl)c(Cl)c1. The van der Waals surface area contributed by atoms with Crippen molar-refractivity contribution in [2.45, 2.75) is 31.1 Å². The van der Waals surface area contributed by atoms with Gasteiger partial charge in [-0.25, -0.2) is 0 Å². The second kappa shape index (κ2) is 14.4. The number of likely N-dealkylation sites (N-methyl/N-ethyl adjacent to an activating group) is 1. The summed E-state index contributed by atoms with van der Waals surface area (Å²) in [5.74, 6) is 0.404. The lowest BCUT2D eigenvalue weighted by Crippen LogP contribution is -2.37. The van der Waals surface area contributed by atoms with Gasteiger partial charge in [-0.3, -0.25) is 4.79 Å². The lowest BCUT2D eigenvalue weighted by atomic mass is 9.87. The van der Waals surface area contributed by atoms with E-state index in [1.165, 1.54) is 7.11 Å². The number of piperidine rings is 1. The summed E-state index contributed by atoms with van der Waals surface area (Å²) in [6.07, 6.45) is 2.77. The molecule has 0 unspecified atom stereocenters. The fourth-order valence-corrected chi connectivity index (χ4v) is 7.01. The van der Waals surface area contributed by atoms with Crippen LogP contribution in [0.2, 0.25) is 10.0 Å². The Hall–Kier alpha value is -3.64. The molecule has 4 aromatic carbocycles. The molecule has 9 heteroatoms. The van der Waals surface area contributed by atoms with Crippen molar-refractivity contribution in [2.75, 3.05) is 54.4 Å². The van der Waals surface area contributed by atoms with Gasteiger partial charge in [-0.15, -0.1) is 0 Å². The molecule has 0 radical (unpaired) electrons. The molecule has 1 aliphatic rings. The Morgan fingerprint density at radius 2 is 1.76 bits per heavy atom. The second-order valence-corrected chi connectivity index (χ2v) is 13.4. The van der Waals surface area contributed by atoms with E-state index in [-0.39, 0.29) is 17.6 Å². The topological polar surface area (TPSA) is 79.6 Å². The van der Waals surface area contributed by atoms with Crippen LogP contribution in [-0.4, -0.2) is 70.1 Å². The molecule has 4 aromatic rings. The number of nitrogens with zero attached hydrogens (tertiary/aromatic N) is 4. The highest BCUT2D eigenvalue weighted by molar-refractivity contribution is 6.42.